The fourth-order valence-electron chi connectivity index (χ4n) is 5.00. The number of hydrogen-bond acceptors (Lipinski definition) is 4. The van der Waals surface area contributed by atoms with E-state index >= 15 is 0 Å². The van der Waals surface area contributed by atoms with Gasteiger partial charge in [0, 0.05) is 18.0 Å². The third kappa shape index (κ3) is 1.63. The highest BCUT2D eigenvalue weighted by molar-refractivity contribution is 7.94. The molecule has 0 amide bonds. The predicted molar refractivity (Wildman–Crippen MR) is 84.9 cm³/mol. The van der Waals surface area contributed by atoms with Crippen molar-refractivity contribution in [2.45, 2.75) is 30.7 Å². The van der Waals surface area contributed by atoms with E-state index in [1.165, 1.54) is 22.5 Å². The number of anilines is 1. The number of nitrogens with zero attached hydrogens (tertiary/aromatic N) is 3. The Labute approximate surface area is 140 Å². The number of sulfonamides is 1. The molecule has 1 aliphatic heterocycles. The summed E-state index contributed by atoms with van der Waals surface area (Å²) in [5.41, 5.74) is 0.731. The highest BCUT2D eigenvalue weighted by atomic mass is 32.2. The molecule has 4 rings (SSSR count). The lowest BCUT2D eigenvalue weighted by Gasteiger charge is -2.30. The number of nitriles is 2. The largest absolute Gasteiger partial charge is 0.269 e. The molecule has 1 saturated heterocycles. The maximum Gasteiger partial charge on any atom is 0.255 e. The first kappa shape index (κ1) is 15.4. The number of fused-ring (bicyclic) bond motifs is 5. The van der Waals surface area contributed by atoms with Crippen molar-refractivity contribution >= 4 is 15.7 Å². The number of hydrogen-bond donors (Lipinski definition) is 0. The molecule has 2 aliphatic carbocycles. The molecule has 24 heavy (non-hydrogen) atoms. The van der Waals surface area contributed by atoms with E-state index < -0.39 is 21.4 Å². The van der Waals surface area contributed by atoms with Crippen LogP contribution in [-0.2, 0) is 16.7 Å². The van der Waals surface area contributed by atoms with Gasteiger partial charge in [0.05, 0.1) is 23.4 Å². The van der Waals surface area contributed by atoms with E-state index in [1.54, 1.807) is 0 Å². The van der Waals surface area contributed by atoms with Gasteiger partial charge in [0.2, 0.25) is 0 Å². The zero-order chi connectivity index (χ0) is 17.1. The lowest BCUT2D eigenvalue weighted by atomic mass is 9.79. The molecule has 0 aromatic heterocycles. The number of alkyl halides is 1. The second-order valence-corrected chi connectivity index (χ2v) is 8.97. The average Bonchev–Trinajstić information content (AvgIpc) is 3.24. The van der Waals surface area contributed by atoms with E-state index in [4.69, 9.17) is 5.26 Å². The van der Waals surface area contributed by atoms with Gasteiger partial charge in [-0.05, 0) is 49.3 Å². The van der Waals surface area contributed by atoms with E-state index in [9.17, 15) is 18.1 Å². The molecule has 2 bridgehead atoms. The predicted octanol–water partition coefficient (Wildman–Crippen LogP) is 2.49. The van der Waals surface area contributed by atoms with Crippen LogP contribution in [-0.4, -0.2) is 19.7 Å². The zero-order valence-corrected chi connectivity index (χ0v) is 13.8. The van der Waals surface area contributed by atoms with Crippen molar-refractivity contribution in [3.05, 3.63) is 29.3 Å². The van der Waals surface area contributed by atoms with Gasteiger partial charge in [-0.25, -0.2) is 12.8 Å². The number of halogens is 1. The first-order valence-corrected chi connectivity index (χ1v) is 9.46. The van der Waals surface area contributed by atoms with Crippen LogP contribution in [0.25, 0.3) is 0 Å². The molecule has 124 valence electrons. The van der Waals surface area contributed by atoms with Crippen molar-refractivity contribution in [3.8, 4) is 12.1 Å². The van der Waals surface area contributed by atoms with Crippen LogP contribution in [0.3, 0.4) is 0 Å². The molecule has 2 saturated carbocycles. The van der Waals surface area contributed by atoms with Gasteiger partial charge in [-0.1, -0.05) is 0 Å². The molecule has 1 heterocycles. The molecule has 7 heteroatoms. The zero-order valence-electron chi connectivity index (χ0n) is 12.9. The minimum absolute atomic E-state index is 0.105. The van der Waals surface area contributed by atoms with E-state index in [0.717, 1.165) is 19.3 Å². The highest BCUT2D eigenvalue weighted by Crippen LogP contribution is 2.62. The van der Waals surface area contributed by atoms with Crippen LogP contribution in [0, 0.1) is 40.4 Å². The maximum absolute atomic E-state index is 13.2. The van der Waals surface area contributed by atoms with Gasteiger partial charge in [0.1, 0.15) is 6.67 Å². The Morgan fingerprint density at radius 3 is 2.75 bits per heavy atom. The SMILES string of the molecule is N#Cc1ccc(N2C[C@H]3[C@H]4CC[C@H](C4)C3(C#N)S2(=O)=O)cc1CF. The summed E-state index contributed by atoms with van der Waals surface area (Å²) in [5.74, 6) is -0.0179. The molecule has 0 N–H and O–H groups in total. The monoisotopic (exact) mass is 345 g/mol. The second-order valence-electron chi connectivity index (χ2n) is 6.90. The van der Waals surface area contributed by atoms with Crippen LogP contribution < -0.4 is 4.31 Å². The van der Waals surface area contributed by atoms with E-state index in [-0.39, 0.29) is 35.4 Å². The summed E-state index contributed by atoms with van der Waals surface area (Å²) in [4.78, 5) is 0. The second kappa shape index (κ2) is 4.94. The van der Waals surface area contributed by atoms with Gasteiger partial charge in [-0.3, -0.25) is 4.31 Å². The maximum atomic E-state index is 13.2. The molecule has 1 aromatic rings. The Morgan fingerprint density at radius 1 is 1.33 bits per heavy atom. The summed E-state index contributed by atoms with van der Waals surface area (Å²) in [7, 11) is -3.84. The van der Waals surface area contributed by atoms with Crippen LogP contribution >= 0.6 is 0 Å². The summed E-state index contributed by atoms with van der Waals surface area (Å²) >= 11 is 0. The summed E-state index contributed by atoms with van der Waals surface area (Å²) < 4.78 is 39.5. The molecule has 1 aromatic carbocycles. The van der Waals surface area contributed by atoms with E-state index in [0.29, 0.717) is 5.69 Å². The minimum atomic E-state index is -3.84. The summed E-state index contributed by atoms with van der Waals surface area (Å²) in [6.07, 6.45) is 2.57. The normalized spacial score (nSPS) is 35.5. The van der Waals surface area contributed by atoms with Crippen LogP contribution in [0.2, 0.25) is 0 Å². The van der Waals surface area contributed by atoms with Crippen LogP contribution in [0.1, 0.15) is 30.4 Å². The van der Waals surface area contributed by atoms with Crippen LogP contribution in [0.4, 0.5) is 10.1 Å². The third-order valence-electron chi connectivity index (χ3n) is 6.10. The van der Waals surface area contributed by atoms with Gasteiger partial charge in [0.25, 0.3) is 10.0 Å². The fraction of sp³-hybridized carbons (Fsp3) is 0.529. The molecule has 3 aliphatic rings. The first-order chi connectivity index (χ1) is 11.5. The standard InChI is InChI=1S/C17H16FN3O2S/c18-7-13-6-15(4-2-12(13)8-19)21-9-16-11-1-3-14(5-11)17(16,10-20)24(21,22)23/h2,4,6,11,14,16H,1,3,5,7,9H2/t11-,14+,16-,17?/m0/s1. The summed E-state index contributed by atoms with van der Waals surface area (Å²) in [5, 5.41) is 18.8. The molecular weight excluding hydrogens is 329 g/mol. The molecule has 1 unspecified atom stereocenters. The van der Waals surface area contributed by atoms with Crippen molar-refractivity contribution in [3.63, 3.8) is 0 Å². The van der Waals surface area contributed by atoms with Gasteiger partial charge in [0.15, 0.2) is 4.75 Å². The Morgan fingerprint density at radius 2 is 2.12 bits per heavy atom. The molecule has 5 nitrogen and oxygen atoms in total. The smallest absolute Gasteiger partial charge is 0.255 e. The third-order valence-corrected chi connectivity index (χ3v) is 8.62. The van der Waals surface area contributed by atoms with E-state index in [2.05, 4.69) is 6.07 Å². The van der Waals surface area contributed by atoms with E-state index in [1.807, 2.05) is 6.07 Å². The average molecular weight is 345 g/mol. The van der Waals surface area contributed by atoms with Gasteiger partial charge in [-0.15, -0.1) is 0 Å². The topological polar surface area (TPSA) is 85.0 Å². The van der Waals surface area contributed by atoms with Crippen LogP contribution in [0.5, 0.6) is 0 Å². The van der Waals surface area contributed by atoms with Gasteiger partial charge < -0.3 is 0 Å². The Bertz CT molecular complexity index is 901. The minimum Gasteiger partial charge on any atom is -0.269 e. The van der Waals surface area contributed by atoms with Gasteiger partial charge >= 0.3 is 0 Å². The van der Waals surface area contributed by atoms with Crippen LogP contribution in [0.15, 0.2) is 18.2 Å². The highest BCUT2D eigenvalue weighted by Gasteiger charge is 2.71. The van der Waals surface area contributed by atoms with Crippen molar-refractivity contribution in [1.29, 1.82) is 10.5 Å². The van der Waals surface area contributed by atoms with Gasteiger partial charge in [-0.2, -0.15) is 10.5 Å². The van der Waals surface area contributed by atoms with Crippen molar-refractivity contribution in [2.75, 3.05) is 10.8 Å². The summed E-state index contributed by atoms with van der Waals surface area (Å²) in [6.45, 7) is -0.558. The quantitative estimate of drug-likeness (QED) is 0.824. The Kier molecular flexibility index (Phi) is 3.17. The van der Waals surface area contributed by atoms with Crippen molar-refractivity contribution < 1.29 is 12.8 Å². The fourth-order valence-corrected chi connectivity index (χ4v) is 7.51. The summed E-state index contributed by atoms with van der Waals surface area (Å²) in [6, 6.07) is 8.46. The van der Waals surface area contributed by atoms with Crippen molar-refractivity contribution in [2.24, 2.45) is 17.8 Å². The Hall–Kier alpha value is -2.12. The van der Waals surface area contributed by atoms with Crippen molar-refractivity contribution in [1.82, 2.24) is 0 Å². The molecule has 4 atom stereocenters. The number of benzene rings is 1. The molecule has 0 spiro atoms. The lowest BCUT2D eigenvalue weighted by molar-refractivity contribution is 0.316. The number of rotatable bonds is 2. The first-order valence-electron chi connectivity index (χ1n) is 8.02. The lowest BCUT2D eigenvalue weighted by Crippen LogP contribution is -2.46. The molecule has 0 radical (unpaired) electrons. The molecule has 3 fully saturated rings. The molecular formula is C17H16FN3O2S. The Balaban J connectivity index is 1.83.